The molecular formula is C12H17N3O3S. The average molecular weight is 283 g/mol. The van der Waals surface area contributed by atoms with Crippen molar-refractivity contribution in [1.82, 2.24) is 14.9 Å². The zero-order chi connectivity index (χ0) is 13.5. The number of carbonyl (C=O) groups excluding carboxylic acids is 1. The maximum Gasteiger partial charge on any atom is 0.223 e. The fourth-order valence-corrected chi connectivity index (χ4v) is 4.48. The Morgan fingerprint density at radius 1 is 1.42 bits per heavy atom. The number of nitrogens with one attached hydrogen (secondary N) is 1. The summed E-state index contributed by atoms with van der Waals surface area (Å²) in [5.74, 6) is 1.09. The lowest BCUT2D eigenvalue weighted by Gasteiger charge is -2.24. The van der Waals surface area contributed by atoms with E-state index in [9.17, 15) is 13.2 Å². The summed E-state index contributed by atoms with van der Waals surface area (Å²) in [6.45, 7) is 0.802. The van der Waals surface area contributed by atoms with Crippen molar-refractivity contribution >= 4 is 15.7 Å². The molecule has 1 aromatic rings. The first kappa shape index (κ1) is 12.7. The molecule has 1 N–H and O–H groups in total. The number of rotatable bonds is 2. The number of nitrogens with zero attached hydrogens (tertiary/aromatic N) is 2. The van der Waals surface area contributed by atoms with Gasteiger partial charge in [0.25, 0.3) is 0 Å². The predicted octanol–water partition coefficient (Wildman–Crippen LogP) is -0.251. The molecule has 2 unspecified atom stereocenters. The molecule has 19 heavy (non-hydrogen) atoms. The Kier molecular flexibility index (Phi) is 3.08. The number of fused-ring (bicyclic) bond motifs is 1. The quantitative estimate of drug-likeness (QED) is 0.811. The summed E-state index contributed by atoms with van der Waals surface area (Å²) >= 11 is 0. The molecular weight excluding hydrogens is 266 g/mol. The van der Waals surface area contributed by atoms with Gasteiger partial charge in [0.1, 0.15) is 5.82 Å². The predicted molar refractivity (Wildman–Crippen MR) is 69.2 cm³/mol. The number of aromatic nitrogens is 2. The zero-order valence-electron chi connectivity index (χ0n) is 10.6. The van der Waals surface area contributed by atoms with E-state index in [1.165, 1.54) is 0 Å². The smallest absolute Gasteiger partial charge is 0.223 e. The number of hydrogen-bond donors (Lipinski definition) is 1. The molecule has 0 spiro atoms. The SMILES string of the molecule is O=C(NC1CCS(=O)(=O)C1)C1CCn2ccnc2C1. The van der Waals surface area contributed by atoms with Crippen LogP contribution in [0, 0.1) is 5.92 Å². The summed E-state index contributed by atoms with van der Waals surface area (Å²) in [4.78, 5) is 16.4. The van der Waals surface area contributed by atoms with Crippen molar-refractivity contribution in [3.05, 3.63) is 18.2 Å². The van der Waals surface area contributed by atoms with Crippen LogP contribution in [0.2, 0.25) is 0 Å². The Morgan fingerprint density at radius 3 is 3.00 bits per heavy atom. The third-order valence-electron chi connectivity index (χ3n) is 3.90. The highest BCUT2D eigenvalue weighted by Crippen LogP contribution is 2.20. The molecule has 1 amide bonds. The number of amides is 1. The van der Waals surface area contributed by atoms with Crippen LogP contribution in [-0.2, 0) is 27.6 Å². The van der Waals surface area contributed by atoms with E-state index in [1.54, 1.807) is 6.20 Å². The Balaban J connectivity index is 1.60. The molecule has 0 radical (unpaired) electrons. The van der Waals surface area contributed by atoms with Crippen LogP contribution in [0.15, 0.2) is 12.4 Å². The highest BCUT2D eigenvalue weighted by Gasteiger charge is 2.32. The van der Waals surface area contributed by atoms with E-state index in [0.29, 0.717) is 12.8 Å². The van der Waals surface area contributed by atoms with Crippen LogP contribution < -0.4 is 5.32 Å². The number of carbonyl (C=O) groups is 1. The molecule has 104 valence electrons. The molecule has 3 heterocycles. The number of hydrogen-bond acceptors (Lipinski definition) is 4. The van der Waals surface area contributed by atoms with Crippen LogP contribution >= 0.6 is 0 Å². The Hall–Kier alpha value is -1.37. The highest BCUT2D eigenvalue weighted by molar-refractivity contribution is 7.91. The second-order valence-corrected chi connectivity index (χ2v) is 7.56. The Morgan fingerprint density at radius 2 is 2.26 bits per heavy atom. The molecule has 0 aromatic carbocycles. The topological polar surface area (TPSA) is 81.1 Å². The zero-order valence-corrected chi connectivity index (χ0v) is 11.4. The van der Waals surface area contributed by atoms with Gasteiger partial charge in [-0.25, -0.2) is 13.4 Å². The van der Waals surface area contributed by atoms with Crippen molar-refractivity contribution in [3.8, 4) is 0 Å². The number of imidazole rings is 1. The van der Waals surface area contributed by atoms with Crippen LogP contribution in [0.1, 0.15) is 18.7 Å². The molecule has 3 rings (SSSR count). The first-order chi connectivity index (χ1) is 9.03. The van der Waals surface area contributed by atoms with Crippen LogP contribution in [0.3, 0.4) is 0 Å². The number of aryl methyl sites for hydroxylation is 1. The van der Waals surface area contributed by atoms with Crippen LogP contribution in [-0.4, -0.2) is 41.4 Å². The summed E-state index contributed by atoms with van der Waals surface area (Å²) in [6.07, 6.45) is 5.63. The lowest BCUT2D eigenvalue weighted by Crippen LogP contribution is -2.41. The third-order valence-corrected chi connectivity index (χ3v) is 5.67. The number of sulfone groups is 1. The summed E-state index contributed by atoms with van der Waals surface area (Å²) in [5, 5.41) is 2.87. The molecule has 0 saturated carbocycles. The molecule has 0 aliphatic carbocycles. The van der Waals surface area contributed by atoms with Gasteiger partial charge >= 0.3 is 0 Å². The van der Waals surface area contributed by atoms with Gasteiger partial charge in [0.05, 0.1) is 11.5 Å². The lowest BCUT2D eigenvalue weighted by molar-refractivity contribution is -0.126. The lowest BCUT2D eigenvalue weighted by atomic mass is 9.96. The highest BCUT2D eigenvalue weighted by atomic mass is 32.2. The van der Waals surface area contributed by atoms with Crippen LogP contribution in [0.4, 0.5) is 0 Å². The van der Waals surface area contributed by atoms with Crippen LogP contribution in [0.5, 0.6) is 0 Å². The molecule has 7 heteroatoms. The van der Waals surface area contributed by atoms with Crippen molar-refractivity contribution in [2.45, 2.75) is 31.8 Å². The monoisotopic (exact) mass is 283 g/mol. The second-order valence-electron chi connectivity index (χ2n) is 5.34. The van der Waals surface area contributed by atoms with Crippen LogP contribution in [0.25, 0.3) is 0 Å². The minimum atomic E-state index is -2.94. The standard InChI is InChI=1S/C12H17N3O3S/c16-12(14-10-2-6-19(17,18)8-10)9-1-4-15-5-3-13-11(15)7-9/h3,5,9-10H,1-2,4,6-8H2,(H,14,16). The minimum Gasteiger partial charge on any atom is -0.352 e. The fraction of sp³-hybridized carbons (Fsp3) is 0.667. The van der Waals surface area contributed by atoms with Gasteiger partial charge in [-0.3, -0.25) is 4.79 Å². The summed E-state index contributed by atoms with van der Waals surface area (Å²) < 4.78 is 24.8. The molecule has 1 saturated heterocycles. The van der Waals surface area contributed by atoms with Gasteiger partial charge in [-0.05, 0) is 12.8 Å². The van der Waals surface area contributed by atoms with E-state index in [2.05, 4.69) is 14.9 Å². The molecule has 2 aliphatic rings. The van der Waals surface area contributed by atoms with Gasteiger partial charge in [0.15, 0.2) is 9.84 Å². The summed E-state index contributed by atoms with van der Waals surface area (Å²) in [6, 6.07) is -0.209. The van der Waals surface area contributed by atoms with Crippen molar-refractivity contribution in [2.75, 3.05) is 11.5 Å². The Labute approximate surface area is 112 Å². The van der Waals surface area contributed by atoms with Gasteiger partial charge in [-0.1, -0.05) is 0 Å². The average Bonchev–Trinajstić information content (AvgIpc) is 2.94. The van der Waals surface area contributed by atoms with Gasteiger partial charge in [-0.15, -0.1) is 0 Å². The normalized spacial score (nSPS) is 28.8. The van der Waals surface area contributed by atoms with Crippen molar-refractivity contribution in [1.29, 1.82) is 0 Å². The van der Waals surface area contributed by atoms with Crippen molar-refractivity contribution < 1.29 is 13.2 Å². The molecule has 0 bridgehead atoms. The van der Waals surface area contributed by atoms with Crippen molar-refractivity contribution in [3.63, 3.8) is 0 Å². The third kappa shape index (κ3) is 2.65. The Bertz CT molecular complexity index is 593. The summed E-state index contributed by atoms with van der Waals surface area (Å²) in [7, 11) is -2.94. The minimum absolute atomic E-state index is 0.0312. The van der Waals surface area contributed by atoms with E-state index < -0.39 is 9.84 Å². The van der Waals surface area contributed by atoms with Gasteiger partial charge in [0, 0.05) is 37.3 Å². The van der Waals surface area contributed by atoms with E-state index in [-0.39, 0.29) is 29.4 Å². The van der Waals surface area contributed by atoms with E-state index in [1.807, 2.05) is 6.20 Å². The molecule has 6 nitrogen and oxygen atoms in total. The van der Waals surface area contributed by atoms with E-state index in [4.69, 9.17) is 0 Å². The molecule has 2 aliphatic heterocycles. The maximum atomic E-state index is 12.2. The first-order valence-corrected chi connectivity index (χ1v) is 8.36. The largest absolute Gasteiger partial charge is 0.352 e. The van der Waals surface area contributed by atoms with Gasteiger partial charge < -0.3 is 9.88 Å². The fourth-order valence-electron chi connectivity index (χ4n) is 2.80. The maximum absolute atomic E-state index is 12.2. The van der Waals surface area contributed by atoms with Crippen molar-refractivity contribution in [2.24, 2.45) is 5.92 Å². The van der Waals surface area contributed by atoms with E-state index in [0.717, 1.165) is 18.8 Å². The summed E-state index contributed by atoms with van der Waals surface area (Å²) in [5.41, 5.74) is 0. The molecule has 2 atom stereocenters. The first-order valence-electron chi connectivity index (χ1n) is 6.54. The van der Waals surface area contributed by atoms with Gasteiger partial charge in [-0.2, -0.15) is 0 Å². The molecule has 1 fully saturated rings. The second kappa shape index (κ2) is 4.63. The van der Waals surface area contributed by atoms with E-state index >= 15 is 0 Å². The van der Waals surface area contributed by atoms with Gasteiger partial charge in [0.2, 0.25) is 5.91 Å². The molecule has 1 aromatic heterocycles.